The number of para-hydroxylation sites is 1. The monoisotopic (exact) mass is 358 g/mol. The summed E-state index contributed by atoms with van der Waals surface area (Å²) >= 11 is 0. The fourth-order valence-corrected chi connectivity index (χ4v) is 3.12. The van der Waals surface area contributed by atoms with E-state index in [0.717, 1.165) is 0 Å². The van der Waals surface area contributed by atoms with Crippen molar-refractivity contribution in [1.29, 1.82) is 0 Å². The summed E-state index contributed by atoms with van der Waals surface area (Å²) in [6.45, 7) is 5.12. The van der Waals surface area contributed by atoms with Gasteiger partial charge >= 0.3 is 5.97 Å². The molecule has 0 radical (unpaired) electrons. The normalized spacial score (nSPS) is 20.5. The molecule has 138 valence electrons. The van der Waals surface area contributed by atoms with Gasteiger partial charge in [0.2, 0.25) is 5.43 Å². The Bertz CT molecular complexity index is 847. The fraction of sp³-hybridized carbons (Fsp3) is 0.368. The molecule has 1 aliphatic heterocycles. The smallest absolute Gasteiger partial charge is 0.341 e. The molecule has 2 heterocycles. The van der Waals surface area contributed by atoms with Gasteiger partial charge in [0.05, 0.1) is 18.3 Å². The molecule has 7 heteroatoms. The van der Waals surface area contributed by atoms with E-state index in [4.69, 9.17) is 4.74 Å². The van der Waals surface area contributed by atoms with Gasteiger partial charge in [-0.2, -0.15) is 0 Å². The second-order valence-corrected chi connectivity index (χ2v) is 6.72. The molecule has 0 bridgehead atoms. The summed E-state index contributed by atoms with van der Waals surface area (Å²) in [6.07, 6.45) is 2.09. The van der Waals surface area contributed by atoms with Gasteiger partial charge < -0.3 is 19.5 Å². The Balaban J connectivity index is 2.01. The Labute approximate surface area is 151 Å². The highest BCUT2D eigenvalue weighted by molar-refractivity contribution is 5.87. The Morgan fingerprint density at radius 1 is 1.19 bits per heavy atom. The first-order chi connectivity index (χ1) is 12.4. The van der Waals surface area contributed by atoms with E-state index in [-0.39, 0.29) is 23.4 Å². The van der Waals surface area contributed by atoms with Crippen LogP contribution in [0, 0.1) is 0 Å². The zero-order valence-corrected chi connectivity index (χ0v) is 14.7. The van der Waals surface area contributed by atoms with Gasteiger partial charge in [-0.3, -0.25) is 9.69 Å². The quantitative estimate of drug-likeness (QED) is 0.849. The molecule has 1 aromatic carbocycles. The number of carboxylic acid groups (broad SMARTS) is 1. The van der Waals surface area contributed by atoms with Crippen LogP contribution in [-0.2, 0) is 0 Å². The molecule has 2 aromatic rings. The molecule has 3 rings (SSSR count). The number of aliphatic hydroxyl groups excluding tert-OH is 1. The number of carbonyl (C=O) groups is 1. The molecule has 2 atom stereocenters. The number of nitrogens with zero attached hydrogens (tertiary/aromatic N) is 2. The number of pyridine rings is 1. The lowest BCUT2D eigenvalue weighted by atomic mass is 10.2. The summed E-state index contributed by atoms with van der Waals surface area (Å²) < 4.78 is 7.20. The molecule has 0 spiro atoms. The minimum absolute atomic E-state index is 0.0775. The molecule has 2 N–H and O–H groups in total. The number of rotatable bonds is 5. The number of aromatic nitrogens is 1. The second-order valence-electron chi connectivity index (χ2n) is 6.72. The Morgan fingerprint density at radius 2 is 1.88 bits per heavy atom. The SMILES string of the molecule is CC(C)N1C[C@H](O)[C@@H](n2cc(Oc3ccccc3)c(=O)c(C(=O)O)c2)C1. The third-order valence-electron chi connectivity index (χ3n) is 4.61. The van der Waals surface area contributed by atoms with Crippen molar-refractivity contribution in [1.82, 2.24) is 9.47 Å². The van der Waals surface area contributed by atoms with Gasteiger partial charge in [-0.05, 0) is 26.0 Å². The third-order valence-corrected chi connectivity index (χ3v) is 4.61. The summed E-state index contributed by atoms with van der Waals surface area (Å²) in [5, 5.41) is 19.8. The van der Waals surface area contributed by atoms with E-state index in [1.165, 1.54) is 12.4 Å². The van der Waals surface area contributed by atoms with E-state index < -0.39 is 17.5 Å². The van der Waals surface area contributed by atoms with E-state index in [0.29, 0.717) is 18.8 Å². The predicted molar refractivity (Wildman–Crippen MR) is 95.9 cm³/mol. The first kappa shape index (κ1) is 18.2. The maximum atomic E-state index is 12.4. The van der Waals surface area contributed by atoms with Crippen molar-refractivity contribution < 1.29 is 19.7 Å². The number of ether oxygens (including phenoxy) is 1. The van der Waals surface area contributed by atoms with Crippen molar-refractivity contribution in [2.24, 2.45) is 0 Å². The van der Waals surface area contributed by atoms with E-state index in [2.05, 4.69) is 4.90 Å². The summed E-state index contributed by atoms with van der Waals surface area (Å²) in [7, 11) is 0. The molecule has 1 aliphatic rings. The molecule has 0 aliphatic carbocycles. The van der Waals surface area contributed by atoms with Crippen LogP contribution in [0.1, 0.15) is 30.2 Å². The lowest BCUT2D eigenvalue weighted by molar-refractivity contribution is 0.0692. The topological polar surface area (TPSA) is 92.0 Å². The van der Waals surface area contributed by atoms with Gasteiger partial charge in [0, 0.05) is 25.3 Å². The summed E-state index contributed by atoms with van der Waals surface area (Å²) in [6, 6.07) is 8.60. The van der Waals surface area contributed by atoms with Crippen molar-refractivity contribution in [3.63, 3.8) is 0 Å². The van der Waals surface area contributed by atoms with E-state index in [9.17, 15) is 19.8 Å². The van der Waals surface area contributed by atoms with Crippen molar-refractivity contribution in [2.45, 2.75) is 32.0 Å². The van der Waals surface area contributed by atoms with Gasteiger partial charge in [0.1, 0.15) is 11.3 Å². The second kappa shape index (κ2) is 7.31. The standard InChI is InChI=1S/C19H22N2O5/c1-12(2)20-9-15(16(22)10-20)21-8-14(19(24)25)18(23)17(11-21)26-13-6-4-3-5-7-13/h3-8,11-12,15-16,22H,9-10H2,1-2H3,(H,24,25)/t15-,16-/m0/s1. The van der Waals surface area contributed by atoms with Crippen LogP contribution in [0.15, 0.2) is 47.5 Å². The average Bonchev–Trinajstić information content (AvgIpc) is 2.99. The van der Waals surface area contributed by atoms with Gasteiger partial charge in [0.25, 0.3) is 0 Å². The van der Waals surface area contributed by atoms with Gasteiger partial charge in [-0.25, -0.2) is 4.79 Å². The van der Waals surface area contributed by atoms with Crippen molar-refractivity contribution in [3.8, 4) is 11.5 Å². The summed E-state index contributed by atoms with van der Waals surface area (Å²) in [4.78, 5) is 26.1. The van der Waals surface area contributed by atoms with E-state index >= 15 is 0 Å². The Hall–Kier alpha value is -2.64. The minimum atomic E-state index is -1.32. The zero-order valence-electron chi connectivity index (χ0n) is 14.7. The maximum Gasteiger partial charge on any atom is 0.341 e. The molecule has 0 saturated carbocycles. The molecule has 0 unspecified atom stereocenters. The molecule has 1 saturated heterocycles. The van der Waals surface area contributed by atoms with Gasteiger partial charge in [-0.1, -0.05) is 18.2 Å². The molecular formula is C19H22N2O5. The van der Waals surface area contributed by atoms with Crippen LogP contribution in [0.4, 0.5) is 0 Å². The van der Waals surface area contributed by atoms with Crippen LogP contribution < -0.4 is 10.2 Å². The zero-order chi connectivity index (χ0) is 18.8. The summed E-state index contributed by atoms with van der Waals surface area (Å²) in [5.74, 6) is -0.962. The number of carboxylic acids is 1. The molecule has 7 nitrogen and oxygen atoms in total. The fourth-order valence-electron chi connectivity index (χ4n) is 3.12. The predicted octanol–water partition coefficient (Wildman–Crippen LogP) is 1.96. The number of β-amino-alcohol motifs (C(OH)–C–C–N with tert-alkyl or cyclic N) is 1. The first-order valence-corrected chi connectivity index (χ1v) is 8.51. The summed E-state index contributed by atoms with van der Waals surface area (Å²) in [5.41, 5.74) is -1.07. The van der Waals surface area contributed by atoms with Gasteiger partial charge in [0.15, 0.2) is 5.75 Å². The molecule has 1 aromatic heterocycles. The minimum Gasteiger partial charge on any atom is -0.477 e. The van der Waals surface area contributed by atoms with Crippen molar-refractivity contribution in [3.05, 3.63) is 58.5 Å². The largest absolute Gasteiger partial charge is 0.477 e. The molecule has 0 amide bonds. The third kappa shape index (κ3) is 3.63. The van der Waals surface area contributed by atoms with E-state index in [1.807, 2.05) is 19.9 Å². The molecular weight excluding hydrogens is 336 g/mol. The Kier molecular flexibility index (Phi) is 5.11. The number of likely N-dealkylation sites (tertiary alicyclic amines) is 1. The Morgan fingerprint density at radius 3 is 2.46 bits per heavy atom. The maximum absolute atomic E-state index is 12.4. The number of hydrogen-bond donors (Lipinski definition) is 2. The lowest BCUT2D eigenvalue weighted by Gasteiger charge is -2.21. The van der Waals surface area contributed by atoms with Crippen LogP contribution in [-0.4, -0.2) is 50.9 Å². The number of benzene rings is 1. The highest BCUT2D eigenvalue weighted by Crippen LogP contribution is 2.26. The first-order valence-electron chi connectivity index (χ1n) is 8.51. The molecule has 1 fully saturated rings. The lowest BCUT2D eigenvalue weighted by Crippen LogP contribution is -2.29. The van der Waals surface area contributed by atoms with Gasteiger partial charge in [-0.15, -0.1) is 0 Å². The molecule has 26 heavy (non-hydrogen) atoms. The van der Waals surface area contributed by atoms with Crippen LogP contribution in [0.2, 0.25) is 0 Å². The van der Waals surface area contributed by atoms with Crippen LogP contribution >= 0.6 is 0 Å². The van der Waals surface area contributed by atoms with Crippen LogP contribution in [0.25, 0.3) is 0 Å². The van der Waals surface area contributed by atoms with E-state index in [1.54, 1.807) is 28.8 Å². The van der Waals surface area contributed by atoms with Crippen molar-refractivity contribution in [2.75, 3.05) is 13.1 Å². The highest BCUT2D eigenvalue weighted by Gasteiger charge is 2.34. The number of aliphatic hydroxyl groups is 1. The van der Waals surface area contributed by atoms with Crippen molar-refractivity contribution >= 4 is 5.97 Å². The highest BCUT2D eigenvalue weighted by atomic mass is 16.5. The number of aromatic carboxylic acids is 1. The number of hydrogen-bond acceptors (Lipinski definition) is 5. The van der Waals surface area contributed by atoms with Crippen LogP contribution in [0.5, 0.6) is 11.5 Å². The average molecular weight is 358 g/mol. The van der Waals surface area contributed by atoms with Crippen LogP contribution in [0.3, 0.4) is 0 Å².